The lowest BCUT2D eigenvalue weighted by Gasteiger charge is -2.53. The molecule has 1 atom stereocenters. The van der Waals surface area contributed by atoms with Gasteiger partial charge in [-0.05, 0) is 55.1 Å². The number of carbonyl (C=O) groups excluding carboxylic acids is 2. The number of piperidine rings is 1. The monoisotopic (exact) mass is 388 g/mol. The van der Waals surface area contributed by atoms with Gasteiger partial charge < -0.3 is 19.7 Å². The molecule has 0 bridgehead atoms. The van der Waals surface area contributed by atoms with Crippen molar-refractivity contribution in [3.8, 4) is 5.75 Å². The van der Waals surface area contributed by atoms with Crippen molar-refractivity contribution in [1.29, 1.82) is 0 Å². The van der Waals surface area contributed by atoms with E-state index in [4.69, 9.17) is 4.74 Å². The second kappa shape index (κ2) is 8.84. The highest BCUT2D eigenvalue weighted by atomic mass is 16.5. The average molecular weight is 389 g/mol. The van der Waals surface area contributed by atoms with Crippen LogP contribution < -0.4 is 10.1 Å². The summed E-state index contributed by atoms with van der Waals surface area (Å²) < 4.78 is 10.1. The number of hydrogen-bond donors (Lipinski definition) is 1. The summed E-state index contributed by atoms with van der Waals surface area (Å²) >= 11 is 0. The summed E-state index contributed by atoms with van der Waals surface area (Å²) in [5.41, 5.74) is 1.68. The molecule has 1 aliphatic carbocycles. The van der Waals surface area contributed by atoms with Gasteiger partial charge in [0.25, 0.3) is 0 Å². The van der Waals surface area contributed by atoms with Gasteiger partial charge in [0.1, 0.15) is 5.75 Å². The fraction of sp³-hybridized carbons (Fsp3) is 0.636. The van der Waals surface area contributed by atoms with Crippen LogP contribution in [0.4, 0.5) is 4.79 Å². The molecule has 6 heteroatoms. The van der Waals surface area contributed by atoms with E-state index in [1.165, 1.54) is 25.5 Å². The van der Waals surface area contributed by atoms with E-state index in [0.717, 1.165) is 31.7 Å². The van der Waals surface area contributed by atoms with Gasteiger partial charge in [-0.15, -0.1) is 0 Å². The molecule has 1 saturated heterocycles. The number of amides is 2. The van der Waals surface area contributed by atoms with Crippen molar-refractivity contribution in [3.63, 3.8) is 0 Å². The van der Waals surface area contributed by atoms with Crippen LogP contribution in [0.3, 0.4) is 0 Å². The minimum Gasteiger partial charge on any atom is -0.496 e. The van der Waals surface area contributed by atoms with Gasteiger partial charge in [0, 0.05) is 19.6 Å². The molecule has 2 aliphatic rings. The SMILES string of the molecule is CCC(CNC(=O)OC)C(=O)N1CCC2(CC1)CC(c1ccccc1OC)C2. The Hall–Kier alpha value is -2.24. The zero-order chi connectivity index (χ0) is 20.1. The third kappa shape index (κ3) is 4.26. The number of nitrogens with one attached hydrogen (secondary N) is 1. The van der Waals surface area contributed by atoms with Crippen LogP contribution in [-0.4, -0.2) is 50.8 Å². The summed E-state index contributed by atoms with van der Waals surface area (Å²) in [5.74, 6) is 1.51. The Kier molecular flexibility index (Phi) is 6.47. The summed E-state index contributed by atoms with van der Waals surface area (Å²) in [6.45, 7) is 3.94. The zero-order valence-corrected chi connectivity index (χ0v) is 17.2. The maximum atomic E-state index is 12.8. The van der Waals surface area contributed by atoms with Crippen LogP contribution >= 0.6 is 0 Å². The number of para-hydroxylation sites is 1. The number of methoxy groups -OCH3 is 2. The summed E-state index contributed by atoms with van der Waals surface area (Å²) in [5, 5.41) is 2.66. The van der Waals surface area contributed by atoms with Gasteiger partial charge in [-0.25, -0.2) is 4.79 Å². The van der Waals surface area contributed by atoms with E-state index in [1.807, 2.05) is 24.0 Å². The second-order valence-corrected chi connectivity index (χ2v) is 8.15. The molecule has 1 saturated carbocycles. The summed E-state index contributed by atoms with van der Waals surface area (Å²) in [4.78, 5) is 26.1. The molecule has 1 unspecified atom stereocenters. The lowest BCUT2D eigenvalue weighted by atomic mass is 9.56. The molecular weight excluding hydrogens is 356 g/mol. The lowest BCUT2D eigenvalue weighted by molar-refractivity contribution is -0.139. The Morgan fingerprint density at radius 3 is 2.50 bits per heavy atom. The first-order valence-electron chi connectivity index (χ1n) is 10.3. The molecule has 0 radical (unpaired) electrons. The first-order valence-corrected chi connectivity index (χ1v) is 10.3. The number of nitrogens with zero attached hydrogens (tertiary/aromatic N) is 1. The van der Waals surface area contributed by atoms with Crippen molar-refractivity contribution < 1.29 is 19.1 Å². The summed E-state index contributed by atoms with van der Waals surface area (Å²) in [7, 11) is 3.07. The Morgan fingerprint density at radius 2 is 1.89 bits per heavy atom. The van der Waals surface area contributed by atoms with Gasteiger partial charge in [0.15, 0.2) is 0 Å². The van der Waals surface area contributed by atoms with Crippen molar-refractivity contribution in [3.05, 3.63) is 29.8 Å². The molecule has 1 N–H and O–H groups in total. The number of rotatable bonds is 6. The highest BCUT2D eigenvalue weighted by molar-refractivity contribution is 5.80. The van der Waals surface area contributed by atoms with E-state index in [-0.39, 0.29) is 11.8 Å². The fourth-order valence-corrected chi connectivity index (χ4v) is 4.76. The number of carbonyl (C=O) groups is 2. The maximum absolute atomic E-state index is 12.8. The highest BCUT2D eigenvalue weighted by Crippen LogP contribution is 2.57. The fourth-order valence-electron chi connectivity index (χ4n) is 4.76. The molecule has 1 aromatic carbocycles. The molecular formula is C22H32N2O4. The van der Waals surface area contributed by atoms with Crippen LogP contribution in [0, 0.1) is 11.3 Å². The van der Waals surface area contributed by atoms with E-state index >= 15 is 0 Å². The molecule has 2 fully saturated rings. The highest BCUT2D eigenvalue weighted by Gasteiger charge is 2.47. The average Bonchev–Trinajstić information content (AvgIpc) is 2.72. The number of benzene rings is 1. The number of ether oxygens (including phenoxy) is 2. The van der Waals surface area contributed by atoms with Crippen LogP contribution in [0.2, 0.25) is 0 Å². The van der Waals surface area contributed by atoms with Crippen LogP contribution in [-0.2, 0) is 9.53 Å². The molecule has 1 spiro atoms. The van der Waals surface area contributed by atoms with Gasteiger partial charge in [-0.3, -0.25) is 4.79 Å². The summed E-state index contributed by atoms with van der Waals surface area (Å²) in [6, 6.07) is 8.31. The maximum Gasteiger partial charge on any atom is 0.406 e. The molecule has 154 valence electrons. The first kappa shape index (κ1) is 20.5. The summed E-state index contributed by atoms with van der Waals surface area (Å²) in [6.07, 6.45) is 4.70. The Balaban J connectivity index is 1.51. The smallest absolute Gasteiger partial charge is 0.406 e. The van der Waals surface area contributed by atoms with Crippen LogP contribution in [0.1, 0.15) is 50.5 Å². The van der Waals surface area contributed by atoms with E-state index in [2.05, 4.69) is 22.2 Å². The van der Waals surface area contributed by atoms with Crippen molar-refractivity contribution in [2.45, 2.75) is 44.9 Å². The topological polar surface area (TPSA) is 67.9 Å². The van der Waals surface area contributed by atoms with Gasteiger partial charge in [0.05, 0.1) is 20.1 Å². The third-order valence-corrected chi connectivity index (χ3v) is 6.59. The first-order chi connectivity index (χ1) is 13.5. The van der Waals surface area contributed by atoms with Crippen LogP contribution in [0.25, 0.3) is 0 Å². The van der Waals surface area contributed by atoms with Gasteiger partial charge in [-0.2, -0.15) is 0 Å². The quantitative estimate of drug-likeness (QED) is 0.809. The van der Waals surface area contributed by atoms with Gasteiger partial charge >= 0.3 is 6.09 Å². The molecule has 3 rings (SSSR count). The van der Waals surface area contributed by atoms with Crippen molar-refractivity contribution >= 4 is 12.0 Å². The van der Waals surface area contributed by atoms with Gasteiger partial charge in [-0.1, -0.05) is 25.1 Å². The standard InChI is InChI=1S/C22H32N2O4/c1-4-16(15-23-21(26)28-3)20(25)24-11-9-22(10-12-24)13-17(14-22)18-7-5-6-8-19(18)27-2/h5-8,16-17H,4,9-15H2,1-3H3,(H,23,26). The third-order valence-electron chi connectivity index (χ3n) is 6.59. The van der Waals surface area contributed by atoms with Crippen molar-refractivity contribution in [2.75, 3.05) is 33.9 Å². The Bertz CT molecular complexity index is 690. The normalized spacial score (nSPS) is 19.6. The predicted octanol–water partition coefficient (Wildman–Crippen LogP) is 3.56. The predicted molar refractivity (Wildman–Crippen MR) is 107 cm³/mol. The van der Waals surface area contributed by atoms with Crippen LogP contribution in [0.5, 0.6) is 5.75 Å². The second-order valence-electron chi connectivity index (χ2n) is 8.15. The minimum absolute atomic E-state index is 0.148. The largest absolute Gasteiger partial charge is 0.496 e. The van der Waals surface area contributed by atoms with E-state index in [9.17, 15) is 9.59 Å². The number of likely N-dealkylation sites (tertiary alicyclic amines) is 1. The minimum atomic E-state index is -0.485. The number of hydrogen-bond acceptors (Lipinski definition) is 4. The van der Waals surface area contributed by atoms with Crippen molar-refractivity contribution in [1.82, 2.24) is 10.2 Å². The van der Waals surface area contributed by atoms with Gasteiger partial charge in [0.2, 0.25) is 5.91 Å². The number of alkyl carbamates (subject to hydrolysis) is 1. The van der Waals surface area contributed by atoms with E-state index < -0.39 is 6.09 Å². The molecule has 1 aromatic rings. The van der Waals surface area contributed by atoms with Crippen LogP contribution in [0.15, 0.2) is 24.3 Å². The van der Waals surface area contributed by atoms with E-state index in [0.29, 0.717) is 24.3 Å². The molecule has 6 nitrogen and oxygen atoms in total. The van der Waals surface area contributed by atoms with E-state index in [1.54, 1.807) is 7.11 Å². The molecule has 1 heterocycles. The molecule has 0 aromatic heterocycles. The molecule has 28 heavy (non-hydrogen) atoms. The molecule has 1 aliphatic heterocycles. The zero-order valence-electron chi connectivity index (χ0n) is 17.2. The Morgan fingerprint density at radius 1 is 1.21 bits per heavy atom. The molecule has 2 amide bonds. The lowest BCUT2D eigenvalue weighted by Crippen LogP contribution is -2.50. The van der Waals surface area contributed by atoms with Crippen molar-refractivity contribution in [2.24, 2.45) is 11.3 Å². The Labute approximate surface area is 167 Å².